The molecule has 0 aliphatic carbocycles. The smallest absolute Gasteiger partial charge is 0.310 e. The Hall–Kier alpha value is -2.90. The lowest BCUT2D eigenvalue weighted by atomic mass is 10.2. The molecule has 2 aromatic rings. The number of non-ortho nitro benzene ring substituents is 1. The van der Waals surface area contributed by atoms with Crippen LogP contribution in [0.1, 0.15) is 11.3 Å². The molecule has 2 rings (SSSR count). The maximum absolute atomic E-state index is 12.3. The van der Waals surface area contributed by atoms with Crippen LogP contribution in [0.4, 0.5) is 5.69 Å². The SMILES string of the molecule is COC(=O)Cc1c(C)[nH]n(-c2cccc([N+](=O)[O-])c2)c1=O. The van der Waals surface area contributed by atoms with Crippen molar-refractivity contribution in [1.29, 1.82) is 0 Å². The van der Waals surface area contributed by atoms with E-state index in [9.17, 15) is 19.7 Å². The van der Waals surface area contributed by atoms with Crippen molar-refractivity contribution in [3.63, 3.8) is 0 Å². The topological polar surface area (TPSA) is 107 Å². The number of aromatic nitrogens is 2. The van der Waals surface area contributed by atoms with Crippen LogP contribution in [0.5, 0.6) is 0 Å². The molecule has 0 saturated carbocycles. The van der Waals surface area contributed by atoms with E-state index in [-0.39, 0.29) is 17.7 Å². The van der Waals surface area contributed by atoms with Crippen molar-refractivity contribution >= 4 is 11.7 Å². The number of H-pyrrole nitrogens is 1. The molecule has 0 amide bonds. The highest BCUT2D eigenvalue weighted by Gasteiger charge is 2.17. The normalized spacial score (nSPS) is 10.4. The Balaban J connectivity index is 2.49. The number of rotatable bonds is 4. The fraction of sp³-hybridized carbons (Fsp3) is 0.231. The Morgan fingerprint density at radius 3 is 2.81 bits per heavy atom. The van der Waals surface area contributed by atoms with Gasteiger partial charge in [-0.05, 0) is 13.0 Å². The van der Waals surface area contributed by atoms with E-state index in [1.165, 1.54) is 30.0 Å². The summed E-state index contributed by atoms with van der Waals surface area (Å²) in [5.41, 5.74) is 0.554. The lowest BCUT2D eigenvalue weighted by molar-refractivity contribution is -0.384. The third kappa shape index (κ3) is 2.83. The number of esters is 1. The van der Waals surface area contributed by atoms with Gasteiger partial charge in [-0.3, -0.25) is 24.8 Å². The number of nitro benzene ring substituents is 1. The van der Waals surface area contributed by atoms with E-state index in [4.69, 9.17) is 0 Å². The van der Waals surface area contributed by atoms with Crippen LogP contribution in [-0.4, -0.2) is 27.8 Å². The van der Waals surface area contributed by atoms with Crippen molar-refractivity contribution in [2.24, 2.45) is 0 Å². The van der Waals surface area contributed by atoms with Crippen molar-refractivity contribution < 1.29 is 14.5 Å². The standard InChI is InChI=1S/C13H13N3O5/c1-8-11(7-12(17)21-2)13(18)15(14-8)9-4-3-5-10(6-9)16(19)20/h3-6,14H,7H2,1-2H3. The Morgan fingerprint density at radius 1 is 1.48 bits per heavy atom. The summed E-state index contributed by atoms with van der Waals surface area (Å²) < 4.78 is 5.71. The minimum Gasteiger partial charge on any atom is -0.469 e. The molecule has 1 N–H and O–H groups in total. The van der Waals surface area contributed by atoms with Gasteiger partial charge in [-0.1, -0.05) is 6.07 Å². The van der Waals surface area contributed by atoms with Crippen molar-refractivity contribution in [1.82, 2.24) is 9.78 Å². The number of ether oxygens (including phenoxy) is 1. The van der Waals surface area contributed by atoms with Gasteiger partial charge in [0.15, 0.2) is 0 Å². The molecule has 0 bridgehead atoms. The zero-order valence-electron chi connectivity index (χ0n) is 11.5. The van der Waals surface area contributed by atoms with Crippen molar-refractivity contribution in [2.75, 3.05) is 7.11 Å². The first-order valence-electron chi connectivity index (χ1n) is 6.06. The third-order valence-corrected chi connectivity index (χ3v) is 3.04. The van der Waals surface area contributed by atoms with E-state index >= 15 is 0 Å². The van der Waals surface area contributed by atoms with E-state index in [0.29, 0.717) is 11.4 Å². The Morgan fingerprint density at radius 2 is 2.19 bits per heavy atom. The molecule has 1 aromatic carbocycles. The Labute approximate surface area is 119 Å². The molecule has 21 heavy (non-hydrogen) atoms. The maximum atomic E-state index is 12.3. The molecule has 110 valence electrons. The number of nitro groups is 1. The largest absolute Gasteiger partial charge is 0.469 e. The second-order valence-corrected chi connectivity index (χ2v) is 4.39. The molecule has 8 nitrogen and oxygen atoms in total. The van der Waals surface area contributed by atoms with Gasteiger partial charge < -0.3 is 4.74 Å². The highest BCUT2D eigenvalue weighted by molar-refractivity contribution is 5.72. The monoisotopic (exact) mass is 291 g/mol. The number of nitrogens with zero attached hydrogens (tertiary/aromatic N) is 2. The van der Waals surface area contributed by atoms with E-state index in [0.717, 1.165) is 0 Å². The fourth-order valence-electron chi connectivity index (χ4n) is 1.93. The van der Waals surface area contributed by atoms with E-state index < -0.39 is 16.5 Å². The van der Waals surface area contributed by atoms with Gasteiger partial charge in [0.1, 0.15) is 0 Å². The molecule has 1 heterocycles. The summed E-state index contributed by atoms with van der Waals surface area (Å²) in [5, 5.41) is 13.6. The quantitative estimate of drug-likeness (QED) is 0.515. The van der Waals surface area contributed by atoms with Crippen LogP contribution in [0.15, 0.2) is 29.1 Å². The van der Waals surface area contributed by atoms with Crippen molar-refractivity contribution in [3.8, 4) is 5.69 Å². The van der Waals surface area contributed by atoms with E-state index in [2.05, 4.69) is 9.84 Å². The van der Waals surface area contributed by atoms with Gasteiger partial charge in [-0.25, -0.2) is 4.68 Å². The van der Waals surface area contributed by atoms with Crippen LogP contribution in [0, 0.1) is 17.0 Å². The molecule has 0 aliphatic rings. The fourth-order valence-corrected chi connectivity index (χ4v) is 1.93. The third-order valence-electron chi connectivity index (χ3n) is 3.04. The molecule has 0 fully saturated rings. The summed E-state index contributed by atoms with van der Waals surface area (Å²) in [6, 6.07) is 5.65. The second-order valence-electron chi connectivity index (χ2n) is 4.39. The van der Waals surface area contributed by atoms with Gasteiger partial charge in [0.2, 0.25) is 0 Å². The zero-order valence-corrected chi connectivity index (χ0v) is 11.5. The van der Waals surface area contributed by atoms with E-state index in [1.54, 1.807) is 13.0 Å². The van der Waals surface area contributed by atoms with Crippen molar-refractivity contribution in [2.45, 2.75) is 13.3 Å². The highest BCUT2D eigenvalue weighted by Crippen LogP contribution is 2.16. The second kappa shape index (κ2) is 5.61. The molecule has 8 heteroatoms. The van der Waals surface area contributed by atoms with Crippen LogP contribution in [0.25, 0.3) is 5.69 Å². The first-order valence-corrected chi connectivity index (χ1v) is 6.06. The van der Waals surface area contributed by atoms with Gasteiger partial charge in [0, 0.05) is 17.8 Å². The number of methoxy groups -OCH3 is 1. The lowest BCUT2D eigenvalue weighted by Gasteiger charge is -2.01. The lowest BCUT2D eigenvalue weighted by Crippen LogP contribution is -2.19. The Bertz CT molecular complexity index is 759. The molecule has 0 atom stereocenters. The molecular formula is C13H13N3O5. The molecule has 0 saturated heterocycles. The summed E-state index contributed by atoms with van der Waals surface area (Å²) >= 11 is 0. The first kappa shape index (κ1) is 14.5. The molecule has 0 spiro atoms. The number of aromatic amines is 1. The minimum absolute atomic E-state index is 0.124. The number of benzene rings is 1. The van der Waals surface area contributed by atoms with Crippen LogP contribution < -0.4 is 5.56 Å². The summed E-state index contributed by atoms with van der Waals surface area (Å²) in [6.07, 6.45) is -0.153. The minimum atomic E-state index is -0.542. The van der Waals surface area contributed by atoms with Gasteiger partial charge in [0.25, 0.3) is 11.2 Å². The van der Waals surface area contributed by atoms with Gasteiger partial charge >= 0.3 is 5.97 Å². The summed E-state index contributed by atoms with van der Waals surface area (Å²) in [7, 11) is 1.24. The average Bonchev–Trinajstić information content (AvgIpc) is 2.75. The van der Waals surface area contributed by atoms with Crippen LogP contribution >= 0.6 is 0 Å². The maximum Gasteiger partial charge on any atom is 0.310 e. The predicted octanol–water partition coefficient (Wildman–Crippen LogP) is 1.10. The summed E-state index contributed by atoms with van der Waals surface area (Å²) in [5.74, 6) is -0.527. The molecule has 0 aliphatic heterocycles. The number of hydrogen-bond donors (Lipinski definition) is 1. The first-order chi connectivity index (χ1) is 9.93. The number of carbonyl (C=O) groups is 1. The summed E-state index contributed by atoms with van der Waals surface area (Å²) in [6.45, 7) is 1.65. The molecular weight excluding hydrogens is 278 g/mol. The molecule has 0 unspecified atom stereocenters. The van der Waals surface area contributed by atoms with Crippen LogP contribution in [0.3, 0.4) is 0 Å². The summed E-state index contributed by atoms with van der Waals surface area (Å²) in [4.78, 5) is 33.8. The van der Waals surface area contributed by atoms with Gasteiger partial charge in [-0.15, -0.1) is 0 Å². The van der Waals surface area contributed by atoms with Crippen LogP contribution in [-0.2, 0) is 16.0 Å². The highest BCUT2D eigenvalue weighted by atomic mass is 16.6. The van der Waals surface area contributed by atoms with Crippen molar-refractivity contribution in [3.05, 3.63) is 56.0 Å². The average molecular weight is 291 g/mol. The van der Waals surface area contributed by atoms with E-state index in [1.807, 2.05) is 0 Å². The number of nitrogens with one attached hydrogen (secondary N) is 1. The van der Waals surface area contributed by atoms with Gasteiger partial charge in [-0.2, -0.15) is 0 Å². The van der Waals surface area contributed by atoms with Crippen LogP contribution in [0.2, 0.25) is 0 Å². The molecule has 0 radical (unpaired) electrons. The zero-order chi connectivity index (χ0) is 15.6. The van der Waals surface area contributed by atoms with Gasteiger partial charge in [0.05, 0.1) is 29.7 Å². The molecule has 1 aromatic heterocycles. The number of carbonyl (C=O) groups excluding carboxylic acids is 1. The predicted molar refractivity (Wildman–Crippen MR) is 73.5 cm³/mol. The Kier molecular flexibility index (Phi) is 3.88. The number of hydrogen-bond acceptors (Lipinski definition) is 5. The number of aryl methyl sites for hydroxylation is 1.